The van der Waals surface area contributed by atoms with Crippen LogP contribution in [-0.4, -0.2) is 64.7 Å². The number of nitrogens with zero attached hydrogens (tertiary/aromatic N) is 2. The van der Waals surface area contributed by atoms with Crippen LogP contribution in [0.5, 0.6) is 5.75 Å². The van der Waals surface area contributed by atoms with Crippen molar-refractivity contribution in [3.8, 4) is 5.75 Å². The molecule has 7 heteroatoms. The maximum Gasteiger partial charge on any atom is 0.251 e. The molecule has 0 saturated carbocycles. The van der Waals surface area contributed by atoms with Gasteiger partial charge in [0.1, 0.15) is 5.75 Å². The molecule has 3 N–H and O–H groups in total. The number of likely N-dealkylation sites (N-methyl/N-ethyl adjacent to an activating group) is 1. The SMILES string of the molecule is CCNC(=NCC(c1ccc(OC)cc1)N(C)C)NCCc1cccc(C(=O)NC)c1. The summed E-state index contributed by atoms with van der Waals surface area (Å²) >= 11 is 0. The topological polar surface area (TPSA) is 78.0 Å². The average Bonchev–Trinajstić information content (AvgIpc) is 2.79. The Kier molecular flexibility index (Phi) is 9.84. The van der Waals surface area contributed by atoms with Crippen LogP contribution in [0.1, 0.15) is 34.5 Å². The number of carbonyl (C=O) groups is 1. The van der Waals surface area contributed by atoms with Crippen molar-refractivity contribution in [2.75, 3.05) is 47.9 Å². The molecular formula is C24H35N5O2. The first-order valence-corrected chi connectivity index (χ1v) is 10.6. The molecule has 0 saturated heterocycles. The summed E-state index contributed by atoms with van der Waals surface area (Å²) in [4.78, 5) is 18.8. The molecule has 0 heterocycles. The number of hydrogen-bond donors (Lipinski definition) is 3. The number of methoxy groups -OCH3 is 1. The van der Waals surface area contributed by atoms with Crippen molar-refractivity contribution >= 4 is 11.9 Å². The van der Waals surface area contributed by atoms with E-state index in [1.165, 1.54) is 5.56 Å². The highest BCUT2D eigenvalue weighted by Crippen LogP contribution is 2.21. The first-order valence-electron chi connectivity index (χ1n) is 10.6. The minimum absolute atomic E-state index is 0.0713. The molecule has 0 fully saturated rings. The van der Waals surface area contributed by atoms with Crippen molar-refractivity contribution in [3.63, 3.8) is 0 Å². The fourth-order valence-electron chi connectivity index (χ4n) is 3.25. The van der Waals surface area contributed by atoms with Crippen LogP contribution in [0.15, 0.2) is 53.5 Å². The molecule has 1 atom stereocenters. The van der Waals surface area contributed by atoms with Crippen LogP contribution < -0.4 is 20.7 Å². The van der Waals surface area contributed by atoms with Gasteiger partial charge in [0.05, 0.1) is 19.7 Å². The molecule has 0 spiro atoms. The third-order valence-electron chi connectivity index (χ3n) is 5.01. The molecule has 0 aliphatic carbocycles. The summed E-state index contributed by atoms with van der Waals surface area (Å²) in [6.45, 7) is 4.18. The summed E-state index contributed by atoms with van der Waals surface area (Å²) in [5.41, 5.74) is 2.97. The largest absolute Gasteiger partial charge is 0.497 e. The Hall–Kier alpha value is -3.06. The van der Waals surface area contributed by atoms with Crippen LogP contribution in [0.25, 0.3) is 0 Å². The Balaban J connectivity index is 2.00. The van der Waals surface area contributed by atoms with E-state index in [1.54, 1.807) is 14.2 Å². The van der Waals surface area contributed by atoms with Crippen molar-refractivity contribution < 1.29 is 9.53 Å². The molecule has 7 nitrogen and oxygen atoms in total. The highest BCUT2D eigenvalue weighted by atomic mass is 16.5. The molecule has 0 radical (unpaired) electrons. The summed E-state index contributed by atoms with van der Waals surface area (Å²) in [5.74, 6) is 1.56. The Labute approximate surface area is 185 Å². The smallest absolute Gasteiger partial charge is 0.251 e. The van der Waals surface area contributed by atoms with Crippen molar-refractivity contribution in [3.05, 3.63) is 65.2 Å². The van der Waals surface area contributed by atoms with Gasteiger partial charge in [0.2, 0.25) is 0 Å². The van der Waals surface area contributed by atoms with Crippen LogP contribution in [0, 0.1) is 0 Å². The molecular weight excluding hydrogens is 390 g/mol. The van der Waals surface area contributed by atoms with Crippen LogP contribution in [0.2, 0.25) is 0 Å². The number of carbonyl (C=O) groups excluding carboxylic acids is 1. The van der Waals surface area contributed by atoms with E-state index in [2.05, 4.69) is 54.0 Å². The summed E-state index contributed by atoms with van der Waals surface area (Å²) in [5, 5.41) is 9.36. The van der Waals surface area contributed by atoms with E-state index < -0.39 is 0 Å². The lowest BCUT2D eigenvalue weighted by Crippen LogP contribution is -2.39. The fraction of sp³-hybridized carbons (Fsp3) is 0.417. The number of amides is 1. The normalized spacial score (nSPS) is 12.4. The van der Waals surface area contributed by atoms with Gasteiger partial charge in [-0.25, -0.2) is 0 Å². The van der Waals surface area contributed by atoms with Gasteiger partial charge in [0, 0.05) is 25.7 Å². The maximum atomic E-state index is 11.8. The van der Waals surface area contributed by atoms with E-state index >= 15 is 0 Å². The highest BCUT2D eigenvalue weighted by molar-refractivity contribution is 5.94. The quantitative estimate of drug-likeness (QED) is 0.403. The van der Waals surface area contributed by atoms with Crippen molar-refractivity contribution in [1.29, 1.82) is 0 Å². The Bertz CT molecular complexity index is 849. The summed E-state index contributed by atoms with van der Waals surface area (Å²) in [6, 6.07) is 16.0. The lowest BCUT2D eigenvalue weighted by atomic mass is 10.1. The lowest BCUT2D eigenvalue weighted by molar-refractivity contribution is 0.0963. The molecule has 0 aliphatic heterocycles. The van der Waals surface area contributed by atoms with Gasteiger partial charge in [0.25, 0.3) is 5.91 Å². The molecule has 0 bridgehead atoms. The minimum atomic E-state index is -0.0713. The molecule has 0 aromatic heterocycles. The first kappa shape index (κ1) is 24.2. The predicted molar refractivity (Wildman–Crippen MR) is 127 cm³/mol. The summed E-state index contributed by atoms with van der Waals surface area (Å²) in [6.07, 6.45) is 0.796. The zero-order valence-corrected chi connectivity index (χ0v) is 19.2. The average molecular weight is 426 g/mol. The third kappa shape index (κ3) is 7.61. The molecule has 2 rings (SSSR count). The fourth-order valence-corrected chi connectivity index (χ4v) is 3.25. The minimum Gasteiger partial charge on any atom is -0.497 e. The number of guanidine groups is 1. The van der Waals surface area contributed by atoms with Gasteiger partial charge in [-0.1, -0.05) is 24.3 Å². The van der Waals surface area contributed by atoms with Crippen LogP contribution in [0.3, 0.4) is 0 Å². The van der Waals surface area contributed by atoms with Crippen molar-refractivity contribution in [2.45, 2.75) is 19.4 Å². The lowest BCUT2D eigenvalue weighted by Gasteiger charge is -2.24. The van der Waals surface area contributed by atoms with Gasteiger partial charge in [-0.3, -0.25) is 9.79 Å². The van der Waals surface area contributed by atoms with Crippen LogP contribution >= 0.6 is 0 Å². The Morgan fingerprint density at radius 1 is 1.13 bits per heavy atom. The maximum absolute atomic E-state index is 11.8. The molecule has 2 aromatic carbocycles. The second-order valence-corrected chi connectivity index (χ2v) is 7.43. The first-order chi connectivity index (χ1) is 15.0. The number of nitrogens with one attached hydrogen (secondary N) is 3. The number of rotatable bonds is 10. The Morgan fingerprint density at radius 3 is 2.48 bits per heavy atom. The van der Waals surface area contributed by atoms with E-state index in [0.717, 1.165) is 36.8 Å². The number of benzene rings is 2. The van der Waals surface area contributed by atoms with E-state index in [-0.39, 0.29) is 11.9 Å². The van der Waals surface area contributed by atoms with Crippen LogP contribution in [0.4, 0.5) is 0 Å². The van der Waals surface area contributed by atoms with Crippen molar-refractivity contribution in [1.82, 2.24) is 20.9 Å². The second kappa shape index (κ2) is 12.6. The number of hydrogen-bond acceptors (Lipinski definition) is 4. The monoisotopic (exact) mass is 425 g/mol. The molecule has 0 aliphatic rings. The van der Waals surface area contributed by atoms with Gasteiger partial charge < -0.3 is 25.6 Å². The summed E-state index contributed by atoms with van der Waals surface area (Å²) < 4.78 is 5.26. The van der Waals surface area contributed by atoms with Gasteiger partial charge in [0.15, 0.2) is 5.96 Å². The van der Waals surface area contributed by atoms with E-state index in [9.17, 15) is 4.79 Å². The number of aliphatic imine (C=N–C) groups is 1. The number of ether oxygens (including phenoxy) is 1. The van der Waals surface area contributed by atoms with Gasteiger partial charge in [-0.15, -0.1) is 0 Å². The summed E-state index contributed by atoms with van der Waals surface area (Å²) in [7, 11) is 7.43. The molecule has 2 aromatic rings. The van der Waals surface area contributed by atoms with Crippen LogP contribution in [-0.2, 0) is 6.42 Å². The molecule has 168 valence electrons. The molecule has 1 amide bonds. The van der Waals surface area contributed by atoms with E-state index in [0.29, 0.717) is 12.1 Å². The predicted octanol–water partition coefficient (Wildman–Crippen LogP) is 2.46. The zero-order valence-electron chi connectivity index (χ0n) is 19.2. The van der Waals surface area contributed by atoms with E-state index in [4.69, 9.17) is 9.73 Å². The molecule has 1 unspecified atom stereocenters. The standard InChI is InChI=1S/C24H35N5O2/c1-6-26-24(27-15-14-18-8-7-9-20(16-18)23(30)25-2)28-17-22(29(3)4)19-10-12-21(31-5)13-11-19/h7-13,16,22H,6,14-15,17H2,1-5H3,(H,25,30)(H2,26,27,28). The van der Waals surface area contributed by atoms with Crippen molar-refractivity contribution in [2.24, 2.45) is 4.99 Å². The molecule has 31 heavy (non-hydrogen) atoms. The third-order valence-corrected chi connectivity index (χ3v) is 5.01. The zero-order chi connectivity index (χ0) is 22.6. The van der Waals surface area contributed by atoms with Gasteiger partial charge in [-0.05, 0) is 62.8 Å². The van der Waals surface area contributed by atoms with E-state index in [1.807, 2.05) is 36.4 Å². The van der Waals surface area contributed by atoms with Gasteiger partial charge in [-0.2, -0.15) is 0 Å². The second-order valence-electron chi connectivity index (χ2n) is 7.43. The highest BCUT2D eigenvalue weighted by Gasteiger charge is 2.14. The van der Waals surface area contributed by atoms with Gasteiger partial charge >= 0.3 is 0 Å². The Morgan fingerprint density at radius 2 is 1.87 bits per heavy atom.